The minimum absolute atomic E-state index is 0.0909. The summed E-state index contributed by atoms with van der Waals surface area (Å²) >= 11 is 5.87. The van der Waals surface area contributed by atoms with Gasteiger partial charge in [-0.2, -0.15) is 0 Å². The highest BCUT2D eigenvalue weighted by atomic mass is 35.5. The number of carbonyl (C=O) groups is 1. The number of carbonyl (C=O) groups excluding carboxylic acids is 1. The van der Waals surface area contributed by atoms with E-state index in [2.05, 4.69) is 22.3 Å². The van der Waals surface area contributed by atoms with Crippen LogP contribution in [0, 0.1) is 5.82 Å². The summed E-state index contributed by atoms with van der Waals surface area (Å²) in [5.41, 5.74) is 1.16. The molecule has 23 heavy (non-hydrogen) atoms. The molecule has 0 saturated heterocycles. The highest BCUT2D eigenvalue weighted by Crippen LogP contribution is 2.18. The van der Waals surface area contributed by atoms with Gasteiger partial charge in [-0.05, 0) is 37.7 Å². The molecule has 0 heterocycles. The van der Waals surface area contributed by atoms with Crippen molar-refractivity contribution < 1.29 is 9.18 Å². The van der Waals surface area contributed by atoms with Crippen LogP contribution in [0.25, 0.3) is 0 Å². The Labute approximate surface area is 141 Å². The predicted octanol–water partition coefficient (Wildman–Crippen LogP) is 3.73. The van der Waals surface area contributed by atoms with Crippen LogP contribution in [0.5, 0.6) is 0 Å². The molecule has 5 heteroatoms. The average Bonchev–Trinajstić information content (AvgIpc) is 2.52. The number of benzene rings is 2. The zero-order chi connectivity index (χ0) is 16.7. The Balaban J connectivity index is 1.74. The van der Waals surface area contributed by atoms with Crippen LogP contribution in [0.3, 0.4) is 0 Å². The van der Waals surface area contributed by atoms with E-state index in [0.717, 1.165) is 19.5 Å². The topological polar surface area (TPSA) is 32.3 Å². The largest absolute Gasteiger partial charge is 0.352 e. The molecule has 0 spiro atoms. The lowest BCUT2D eigenvalue weighted by molar-refractivity contribution is 0.0948. The molecule has 0 unspecified atom stereocenters. The van der Waals surface area contributed by atoms with Crippen LogP contribution in [0.4, 0.5) is 4.39 Å². The van der Waals surface area contributed by atoms with Crippen LogP contribution < -0.4 is 5.32 Å². The zero-order valence-electron chi connectivity index (χ0n) is 13.1. The third-order valence-electron chi connectivity index (χ3n) is 3.49. The number of rotatable bonds is 7. The van der Waals surface area contributed by atoms with E-state index < -0.39 is 11.7 Å². The Morgan fingerprint density at radius 3 is 2.61 bits per heavy atom. The summed E-state index contributed by atoms with van der Waals surface area (Å²) in [5.74, 6) is -1.07. The van der Waals surface area contributed by atoms with Crippen LogP contribution in [-0.2, 0) is 6.54 Å². The second-order valence-corrected chi connectivity index (χ2v) is 5.84. The lowest BCUT2D eigenvalue weighted by atomic mass is 10.2. The van der Waals surface area contributed by atoms with Gasteiger partial charge in [0.1, 0.15) is 5.82 Å². The van der Waals surface area contributed by atoms with Gasteiger partial charge in [0.25, 0.3) is 5.91 Å². The summed E-state index contributed by atoms with van der Waals surface area (Å²) in [6.45, 7) is 2.16. The average molecular weight is 335 g/mol. The molecule has 2 rings (SSSR count). The minimum Gasteiger partial charge on any atom is -0.352 e. The molecule has 0 fully saturated rings. The Bertz CT molecular complexity index is 628. The van der Waals surface area contributed by atoms with Crippen molar-refractivity contribution in [3.05, 3.63) is 70.5 Å². The number of amides is 1. The van der Waals surface area contributed by atoms with E-state index in [1.54, 1.807) is 0 Å². The number of hydrogen-bond acceptors (Lipinski definition) is 2. The van der Waals surface area contributed by atoms with Crippen LogP contribution >= 0.6 is 11.6 Å². The predicted molar refractivity (Wildman–Crippen MR) is 91.1 cm³/mol. The third-order valence-corrected chi connectivity index (χ3v) is 3.80. The van der Waals surface area contributed by atoms with Crippen molar-refractivity contribution in [3.8, 4) is 0 Å². The van der Waals surface area contributed by atoms with Gasteiger partial charge in [0, 0.05) is 13.1 Å². The maximum atomic E-state index is 13.6. The summed E-state index contributed by atoms with van der Waals surface area (Å²) in [6, 6.07) is 14.4. The molecule has 0 atom stereocenters. The molecular weight excluding hydrogens is 315 g/mol. The molecule has 122 valence electrons. The summed E-state index contributed by atoms with van der Waals surface area (Å²) in [5, 5.41) is 2.84. The summed E-state index contributed by atoms with van der Waals surface area (Å²) in [4.78, 5) is 14.2. The molecule has 0 bridgehead atoms. The monoisotopic (exact) mass is 334 g/mol. The van der Waals surface area contributed by atoms with Crippen LogP contribution in [0.1, 0.15) is 22.3 Å². The van der Waals surface area contributed by atoms with E-state index in [9.17, 15) is 9.18 Å². The normalized spacial score (nSPS) is 10.8. The maximum Gasteiger partial charge on any atom is 0.255 e. The summed E-state index contributed by atoms with van der Waals surface area (Å²) in [6.07, 6.45) is 0.779. The molecule has 0 saturated carbocycles. The van der Waals surface area contributed by atoms with E-state index in [0.29, 0.717) is 6.54 Å². The van der Waals surface area contributed by atoms with Crippen LogP contribution in [0.15, 0.2) is 48.5 Å². The van der Waals surface area contributed by atoms with Crippen LogP contribution in [0.2, 0.25) is 5.02 Å². The van der Waals surface area contributed by atoms with Gasteiger partial charge in [0.05, 0.1) is 10.6 Å². The molecule has 0 aliphatic rings. The molecule has 2 aromatic rings. The van der Waals surface area contributed by atoms with Gasteiger partial charge in [-0.15, -0.1) is 0 Å². The lowest BCUT2D eigenvalue weighted by Gasteiger charge is -2.16. The molecule has 0 aromatic heterocycles. The fourth-order valence-electron chi connectivity index (χ4n) is 2.33. The molecule has 3 nitrogen and oxygen atoms in total. The van der Waals surface area contributed by atoms with Crippen molar-refractivity contribution in [2.45, 2.75) is 13.0 Å². The Hall–Kier alpha value is -1.91. The first-order valence-corrected chi connectivity index (χ1v) is 7.90. The Morgan fingerprint density at radius 1 is 1.17 bits per heavy atom. The first kappa shape index (κ1) is 17.4. The first-order valence-electron chi connectivity index (χ1n) is 7.52. The molecule has 0 aliphatic carbocycles. The second-order valence-electron chi connectivity index (χ2n) is 5.43. The highest BCUT2D eigenvalue weighted by molar-refractivity contribution is 6.33. The van der Waals surface area contributed by atoms with E-state index in [1.165, 1.54) is 23.8 Å². The third kappa shape index (κ3) is 5.34. The van der Waals surface area contributed by atoms with Crippen molar-refractivity contribution in [2.75, 3.05) is 20.1 Å². The van der Waals surface area contributed by atoms with Crippen molar-refractivity contribution >= 4 is 17.5 Å². The lowest BCUT2D eigenvalue weighted by Crippen LogP contribution is -2.28. The van der Waals surface area contributed by atoms with E-state index in [4.69, 9.17) is 11.6 Å². The number of nitrogens with zero attached hydrogens (tertiary/aromatic N) is 1. The zero-order valence-corrected chi connectivity index (χ0v) is 13.8. The number of hydrogen-bond donors (Lipinski definition) is 1. The van der Waals surface area contributed by atoms with Crippen molar-refractivity contribution in [3.63, 3.8) is 0 Å². The second kappa shape index (κ2) is 8.65. The van der Waals surface area contributed by atoms with Crippen LogP contribution in [-0.4, -0.2) is 30.9 Å². The maximum absolute atomic E-state index is 13.6. The molecule has 2 aromatic carbocycles. The summed E-state index contributed by atoms with van der Waals surface area (Å²) < 4.78 is 13.6. The fourth-order valence-corrected chi connectivity index (χ4v) is 2.58. The van der Waals surface area contributed by atoms with Crippen molar-refractivity contribution in [2.24, 2.45) is 0 Å². The standard InChI is InChI=1S/C18H20ClFN2O/c1-22(13-14-7-3-2-4-8-14)12-6-11-21-18(23)17-15(19)9-5-10-16(17)20/h2-5,7-10H,6,11-13H2,1H3,(H,21,23). The summed E-state index contributed by atoms with van der Waals surface area (Å²) in [7, 11) is 2.03. The van der Waals surface area contributed by atoms with Gasteiger partial charge < -0.3 is 10.2 Å². The van der Waals surface area contributed by atoms with Crippen molar-refractivity contribution in [1.29, 1.82) is 0 Å². The number of nitrogens with one attached hydrogen (secondary N) is 1. The number of halogens is 2. The van der Waals surface area contributed by atoms with Crippen molar-refractivity contribution in [1.82, 2.24) is 10.2 Å². The van der Waals surface area contributed by atoms with Gasteiger partial charge >= 0.3 is 0 Å². The molecular formula is C18H20ClFN2O. The van der Waals surface area contributed by atoms with Gasteiger partial charge in [0.15, 0.2) is 0 Å². The minimum atomic E-state index is -0.601. The smallest absolute Gasteiger partial charge is 0.255 e. The van der Waals surface area contributed by atoms with Gasteiger partial charge in [-0.3, -0.25) is 4.79 Å². The van der Waals surface area contributed by atoms with Gasteiger partial charge in [0.2, 0.25) is 0 Å². The molecule has 1 N–H and O–H groups in total. The fraction of sp³-hybridized carbons (Fsp3) is 0.278. The highest BCUT2D eigenvalue weighted by Gasteiger charge is 2.14. The Kier molecular flexibility index (Phi) is 6.56. The van der Waals surface area contributed by atoms with Gasteiger partial charge in [-0.25, -0.2) is 4.39 Å². The first-order chi connectivity index (χ1) is 11.1. The molecule has 0 aliphatic heterocycles. The SMILES string of the molecule is CN(CCCNC(=O)c1c(F)cccc1Cl)Cc1ccccc1. The van der Waals surface area contributed by atoms with E-state index in [1.807, 2.05) is 25.2 Å². The molecule has 1 amide bonds. The van der Waals surface area contributed by atoms with E-state index in [-0.39, 0.29) is 10.6 Å². The Morgan fingerprint density at radius 2 is 1.91 bits per heavy atom. The quantitative estimate of drug-likeness (QED) is 0.782. The van der Waals surface area contributed by atoms with E-state index >= 15 is 0 Å². The molecule has 0 radical (unpaired) electrons. The van der Waals surface area contributed by atoms with Gasteiger partial charge in [-0.1, -0.05) is 48.0 Å².